The molecule has 0 heterocycles. The molecule has 0 fully saturated rings. The Morgan fingerprint density at radius 3 is 2.75 bits per heavy atom. The molecule has 1 aromatic carbocycles. The van der Waals surface area contributed by atoms with Crippen LogP contribution >= 0.6 is 0 Å². The number of nitrogens with two attached hydrogens (primary N) is 1. The lowest BCUT2D eigenvalue weighted by Crippen LogP contribution is -2.23. The lowest BCUT2D eigenvalue weighted by atomic mass is 10.2. The SMILES string of the molecule is COc1ccc(CS(=O)CC(C)N)cc1F. The minimum Gasteiger partial charge on any atom is -0.494 e. The van der Waals surface area contributed by atoms with Crippen LogP contribution in [0.15, 0.2) is 18.2 Å². The van der Waals surface area contributed by atoms with Crippen molar-refractivity contribution < 1.29 is 13.3 Å². The van der Waals surface area contributed by atoms with E-state index < -0.39 is 16.6 Å². The van der Waals surface area contributed by atoms with Crippen molar-refractivity contribution in [3.05, 3.63) is 29.6 Å². The Kier molecular flexibility index (Phi) is 4.89. The number of methoxy groups -OCH3 is 1. The monoisotopic (exact) mass is 245 g/mol. The van der Waals surface area contributed by atoms with Crippen LogP contribution in [0.2, 0.25) is 0 Å². The molecule has 1 aromatic rings. The Morgan fingerprint density at radius 2 is 2.25 bits per heavy atom. The Balaban J connectivity index is 2.68. The first-order chi connectivity index (χ1) is 7.52. The number of halogens is 1. The van der Waals surface area contributed by atoms with E-state index in [1.54, 1.807) is 13.0 Å². The maximum absolute atomic E-state index is 13.3. The van der Waals surface area contributed by atoms with Crippen LogP contribution in [-0.2, 0) is 16.6 Å². The molecule has 16 heavy (non-hydrogen) atoms. The summed E-state index contributed by atoms with van der Waals surface area (Å²) in [6.45, 7) is 1.80. The van der Waals surface area contributed by atoms with Crippen LogP contribution < -0.4 is 10.5 Å². The second-order valence-electron chi connectivity index (χ2n) is 3.70. The van der Waals surface area contributed by atoms with Gasteiger partial charge in [0.25, 0.3) is 0 Å². The van der Waals surface area contributed by atoms with E-state index in [0.717, 1.165) is 0 Å². The van der Waals surface area contributed by atoms with Crippen molar-refractivity contribution >= 4 is 10.8 Å². The van der Waals surface area contributed by atoms with Gasteiger partial charge in [0.15, 0.2) is 11.6 Å². The molecular weight excluding hydrogens is 229 g/mol. The molecule has 2 N–H and O–H groups in total. The summed E-state index contributed by atoms with van der Waals surface area (Å²) in [6, 6.07) is 4.48. The third-order valence-corrected chi connectivity index (χ3v) is 3.55. The van der Waals surface area contributed by atoms with Crippen LogP contribution in [-0.4, -0.2) is 23.1 Å². The molecule has 0 spiro atoms. The van der Waals surface area contributed by atoms with Gasteiger partial charge in [0.05, 0.1) is 7.11 Å². The Labute approximate surface area is 97.2 Å². The molecule has 5 heteroatoms. The number of benzene rings is 1. The number of ether oxygens (including phenoxy) is 1. The molecular formula is C11H16FNO2S. The Bertz CT molecular complexity index is 382. The van der Waals surface area contributed by atoms with Crippen molar-refractivity contribution in [3.63, 3.8) is 0 Å². The smallest absolute Gasteiger partial charge is 0.165 e. The van der Waals surface area contributed by atoms with Crippen LogP contribution in [0.4, 0.5) is 4.39 Å². The van der Waals surface area contributed by atoms with Gasteiger partial charge in [0, 0.05) is 28.3 Å². The highest BCUT2D eigenvalue weighted by Crippen LogP contribution is 2.18. The van der Waals surface area contributed by atoms with E-state index in [1.165, 1.54) is 19.2 Å². The van der Waals surface area contributed by atoms with E-state index in [0.29, 0.717) is 17.1 Å². The third kappa shape index (κ3) is 3.90. The molecule has 0 saturated carbocycles. The van der Waals surface area contributed by atoms with Crippen LogP contribution in [0.3, 0.4) is 0 Å². The summed E-state index contributed by atoms with van der Waals surface area (Å²) >= 11 is 0. The molecule has 0 amide bonds. The number of rotatable bonds is 5. The van der Waals surface area contributed by atoms with Gasteiger partial charge in [-0.1, -0.05) is 6.07 Å². The fourth-order valence-corrected chi connectivity index (χ4v) is 2.59. The Hall–Kier alpha value is -0.940. The van der Waals surface area contributed by atoms with Gasteiger partial charge in [-0.05, 0) is 24.6 Å². The zero-order valence-corrected chi connectivity index (χ0v) is 10.2. The van der Waals surface area contributed by atoms with Gasteiger partial charge in [-0.2, -0.15) is 0 Å². The largest absolute Gasteiger partial charge is 0.494 e. The standard InChI is InChI=1S/C11H16FNO2S/c1-8(13)6-16(14)7-9-3-4-11(15-2)10(12)5-9/h3-5,8H,6-7,13H2,1-2H3. The van der Waals surface area contributed by atoms with E-state index >= 15 is 0 Å². The molecule has 0 aliphatic heterocycles. The average Bonchev–Trinajstić information content (AvgIpc) is 2.16. The molecule has 0 saturated heterocycles. The minimum atomic E-state index is -1.05. The minimum absolute atomic E-state index is 0.107. The molecule has 90 valence electrons. The summed E-state index contributed by atoms with van der Waals surface area (Å²) in [5.74, 6) is 0.510. The van der Waals surface area contributed by atoms with Crippen LogP contribution in [0, 0.1) is 5.82 Å². The van der Waals surface area contributed by atoms with Gasteiger partial charge >= 0.3 is 0 Å². The van der Waals surface area contributed by atoms with Crippen molar-refractivity contribution in [2.24, 2.45) is 5.73 Å². The first kappa shape index (κ1) is 13.1. The molecule has 3 nitrogen and oxygen atoms in total. The molecule has 2 unspecified atom stereocenters. The molecule has 0 bridgehead atoms. The van der Waals surface area contributed by atoms with Gasteiger partial charge in [0.1, 0.15) is 0 Å². The number of hydrogen-bond donors (Lipinski definition) is 1. The van der Waals surface area contributed by atoms with Gasteiger partial charge in [-0.3, -0.25) is 4.21 Å². The third-order valence-electron chi connectivity index (χ3n) is 1.99. The highest BCUT2D eigenvalue weighted by Gasteiger charge is 2.08. The zero-order valence-electron chi connectivity index (χ0n) is 9.40. The summed E-state index contributed by atoms with van der Waals surface area (Å²) in [7, 11) is 0.359. The quantitative estimate of drug-likeness (QED) is 0.853. The second-order valence-corrected chi connectivity index (χ2v) is 5.20. The van der Waals surface area contributed by atoms with Crippen LogP contribution in [0.25, 0.3) is 0 Å². The van der Waals surface area contributed by atoms with E-state index in [2.05, 4.69) is 0 Å². The summed E-state index contributed by atoms with van der Waals surface area (Å²) in [4.78, 5) is 0. The Morgan fingerprint density at radius 1 is 1.56 bits per heavy atom. The van der Waals surface area contributed by atoms with Gasteiger partial charge in [-0.25, -0.2) is 4.39 Å². The van der Waals surface area contributed by atoms with Crippen molar-refractivity contribution in [2.75, 3.05) is 12.9 Å². The van der Waals surface area contributed by atoms with E-state index in [1.807, 2.05) is 0 Å². The topological polar surface area (TPSA) is 52.3 Å². The van der Waals surface area contributed by atoms with Crippen LogP contribution in [0.5, 0.6) is 5.75 Å². The van der Waals surface area contributed by atoms with E-state index in [4.69, 9.17) is 10.5 Å². The highest BCUT2D eigenvalue weighted by molar-refractivity contribution is 7.84. The fourth-order valence-electron chi connectivity index (χ4n) is 1.34. The maximum Gasteiger partial charge on any atom is 0.165 e. The van der Waals surface area contributed by atoms with Crippen molar-refractivity contribution in [1.29, 1.82) is 0 Å². The highest BCUT2D eigenvalue weighted by atomic mass is 32.2. The van der Waals surface area contributed by atoms with Gasteiger partial charge in [0.2, 0.25) is 0 Å². The van der Waals surface area contributed by atoms with Crippen molar-refractivity contribution in [2.45, 2.75) is 18.7 Å². The summed E-state index contributed by atoms with van der Waals surface area (Å²) < 4.78 is 29.7. The predicted molar refractivity (Wildman–Crippen MR) is 63.3 cm³/mol. The van der Waals surface area contributed by atoms with E-state index in [9.17, 15) is 8.60 Å². The fraction of sp³-hybridized carbons (Fsp3) is 0.455. The van der Waals surface area contributed by atoms with Gasteiger partial charge in [-0.15, -0.1) is 0 Å². The van der Waals surface area contributed by atoms with Crippen molar-refractivity contribution in [1.82, 2.24) is 0 Å². The summed E-state index contributed by atoms with van der Waals surface area (Å²) in [5.41, 5.74) is 6.23. The molecule has 1 rings (SSSR count). The first-order valence-electron chi connectivity index (χ1n) is 4.96. The number of hydrogen-bond acceptors (Lipinski definition) is 3. The lowest BCUT2D eigenvalue weighted by molar-refractivity contribution is 0.386. The zero-order chi connectivity index (χ0) is 12.1. The average molecular weight is 245 g/mol. The predicted octanol–water partition coefficient (Wildman–Crippen LogP) is 1.43. The molecule has 0 radical (unpaired) electrons. The van der Waals surface area contributed by atoms with Crippen LogP contribution in [0.1, 0.15) is 12.5 Å². The lowest BCUT2D eigenvalue weighted by Gasteiger charge is -2.07. The first-order valence-corrected chi connectivity index (χ1v) is 6.44. The van der Waals surface area contributed by atoms with Crippen molar-refractivity contribution in [3.8, 4) is 5.75 Å². The van der Waals surface area contributed by atoms with E-state index in [-0.39, 0.29) is 11.8 Å². The molecule has 0 aliphatic carbocycles. The summed E-state index contributed by atoms with van der Waals surface area (Å²) in [5, 5.41) is 0. The summed E-state index contributed by atoms with van der Waals surface area (Å²) in [6.07, 6.45) is 0. The molecule has 0 aromatic heterocycles. The second kappa shape index (κ2) is 5.96. The molecule has 0 aliphatic rings. The normalized spacial score (nSPS) is 14.5. The maximum atomic E-state index is 13.3. The molecule has 2 atom stereocenters. The van der Waals surface area contributed by atoms with Gasteiger partial charge < -0.3 is 10.5 Å².